The molecule has 0 saturated carbocycles. The maximum atomic E-state index is 9.06. The summed E-state index contributed by atoms with van der Waals surface area (Å²) in [6, 6.07) is 16.8. The summed E-state index contributed by atoms with van der Waals surface area (Å²) >= 11 is 0. The second kappa shape index (κ2) is 6.41. The first-order valence-corrected chi connectivity index (χ1v) is 6.45. The van der Waals surface area contributed by atoms with Crippen molar-refractivity contribution in [3.63, 3.8) is 0 Å². The Hall–Kier alpha value is -2.04. The van der Waals surface area contributed by atoms with Gasteiger partial charge in [0.15, 0.2) is 0 Å². The van der Waals surface area contributed by atoms with Crippen LogP contribution in [0.4, 0.5) is 0 Å². The van der Waals surface area contributed by atoms with E-state index in [-0.39, 0.29) is 13.2 Å². The zero-order chi connectivity index (χ0) is 14.4. The fourth-order valence-corrected chi connectivity index (χ4v) is 1.52. The lowest BCUT2D eigenvalue weighted by atomic mass is 10.1. The van der Waals surface area contributed by atoms with Crippen LogP contribution in [0.25, 0.3) is 0 Å². The molecule has 0 heterocycles. The average Bonchev–Trinajstić information content (AvgIpc) is 2.48. The lowest BCUT2D eigenvalue weighted by Crippen LogP contribution is -2.45. The predicted molar refractivity (Wildman–Crippen MR) is 78.1 cm³/mol. The highest BCUT2D eigenvalue weighted by Gasteiger charge is 2.17. The van der Waals surface area contributed by atoms with Crippen LogP contribution in [0.5, 0.6) is 17.2 Å². The molecular formula is C16H19NO3. The van der Waals surface area contributed by atoms with E-state index in [9.17, 15) is 0 Å². The second-order valence-electron chi connectivity index (χ2n) is 4.99. The molecule has 0 aliphatic rings. The molecular weight excluding hydrogens is 254 g/mol. The molecule has 106 valence electrons. The molecule has 0 fully saturated rings. The molecule has 20 heavy (non-hydrogen) atoms. The Bertz CT molecular complexity index is 523. The minimum atomic E-state index is -0.737. The molecule has 2 rings (SSSR count). The van der Waals surface area contributed by atoms with Crippen LogP contribution in [0.15, 0.2) is 54.6 Å². The van der Waals surface area contributed by atoms with Crippen molar-refractivity contribution in [2.45, 2.75) is 12.5 Å². The van der Waals surface area contributed by atoms with Crippen LogP contribution < -0.4 is 15.2 Å². The average molecular weight is 273 g/mol. The van der Waals surface area contributed by atoms with Gasteiger partial charge in [-0.2, -0.15) is 0 Å². The van der Waals surface area contributed by atoms with E-state index in [2.05, 4.69) is 0 Å². The highest BCUT2D eigenvalue weighted by molar-refractivity contribution is 5.35. The van der Waals surface area contributed by atoms with Gasteiger partial charge >= 0.3 is 0 Å². The van der Waals surface area contributed by atoms with E-state index in [0.717, 1.165) is 11.5 Å². The minimum absolute atomic E-state index is 0.123. The molecule has 0 amide bonds. The molecule has 2 aromatic rings. The Kier molecular flexibility index (Phi) is 4.61. The summed E-state index contributed by atoms with van der Waals surface area (Å²) < 4.78 is 11.2. The number of ether oxygens (including phenoxy) is 2. The van der Waals surface area contributed by atoms with Gasteiger partial charge in [0.2, 0.25) is 0 Å². The van der Waals surface area contributed by atoms with Crippen LogP contribution in [0.2, 0.25) is 0 Å². The first kappa shape index (κ1) is 14.4. The summed E-state index contributed by atoms with van der Waals surface area (Å²) in [5.74, 6) is 2.22. The van der Waals surface area contributed by atoms with Crippen molar-refractivity contribution < 1.29 is 14.6 Å². The third-order valence-corrected chi connectivity index (χ3v) is 2.73. The summed E-state index contributed by atoms with van der Waals surface area (Å²) in [6.07, 6.45) is 0. The number of aliphatic hydroxyl groups excluding tert-OH is 1. The first-order valence-electron chi connectivity index (χ1n) is 6.45. The van der Waals surface area contributed by atoms with Crippen LogP contribution in [-0.4, -0.2) is 23.9 Å². The summed E-state index contributed by atoms with van der Waals surface area (Å²) in [5, 5.41) is 9.06. The molecule has 0 saturated heterocycles. The Morgan fingerprint density at radius 3 is 2.10 bits per heavy atom. The zero-order valence-corrected chi connectivity index (χ0v) is 11.5. The van der Waals surface area contributed by atoms with Gasteiger partial charge in [-0.3, -0.25) is 0 Å². The van der Waals surface area contributed by atoms with Crippen molar-refractivity contribution in [3.8, 4) is 17.2 Å². The van der Waals surface area contributed by atoms with E-state index < -0.39 is 5.54 Å². The van der Waals surface area contributed by atoms with Gasteiger partial charge in [0.25, 0.3) is 0 Å². The number of para-hydroxylation sites is 1. The van der Waals surface area contributed by atoms with Crippen LogP contribution in [0.1, 0.15) is 6.92 Å². The van der Waals surface area contributed by atoms with E-state index in [1.165, 1.54) is 0 Å². The highest BCUT2D eigenvalue weighted by atomic mass is 16.5. The molecule has 4 heteroatoms. The fraction of sp³-hybridized carbons (Fsp3) is 0.250. The molecule has 0 bridgehead atoms. The molecule has 0 radical (unpaired) electrons. The third-order valence-electron chi connectivity index (χ3n) is 2.73. The third kappa shape index (κ3) is 4.26. The quantitative estimate of drug-likeness (QED) is 0.849. The van der Waals surface area contributed by atoms with E-state index in [4.69, 9.17) is 20.3 Å². The van der Waals surface area contributed by atoms with Crippen molar-refractivity contribution in [1.29, 1.82) is 0 Å². The van der Waals surface area contributed by atoms with Gasteiger partial charge in [0, 0.05) is 0 Å². The van der Waals surface area contributed by atoms with Crippen LogP contribution >= 0.6 is 0 Å². The van der Waals surface area contributed by atoms with Crippen LogP contribution in [-0.2, 0) is 0 Å². The van der Waals surface area contributed by atoms with Crippen molar-refractivity contribution in [1.82, 2.24) is 0 Å². The number of hydrogen-bond donors (Lipinski definition) is 2. The van der Waals surface area contributed by atoms with Crippen LogP contribution in [0.3, 0.4) is 0 Å². The standard InChI is InChI=1S/C16H19NO3/c1-16(17,11-18)12-19-13-7-9-15(10-8-13)20-14-5-3-2-4-6-14/h2-10,18H,11-12,17H2,1H3. The van der Waals surface area contributed by atoms with Gasteiger partial charge < -0.3 is 20.3 Å². The van der Waals surface area contributed by atoms with Crippen molar-refractivity contribution in [2.24, 2.45) is 5.73 Å². The maximum Gasteiger partial charge on any atom is 0.127 e. The number of aliphatic hydroxyl groups is 1. The first-order chi connectivity index (χ1) is 9.59. The lowest BCUT2D eigenvalue weighted by molar-refractivity contribution is 0.146. The lowest BCUT2D eigenvalue weighted by Gasteiger charge is -2.21. The van der Waals surface area contributed by atoms with Crippen molar-refractivity contribution >= 4 is 0 Å². The summed E-state index contributed by atoms with van der Waals surface area (Å²) in [4.78, 5) is 0. The molecule has 0 aromatic heterocycles. The Balaban J connectivity index is 1.93. The largest absolute Gasteiger partial charge is 0.492 e. The summed E-state index contributed by atoms with van der Waals surface area (Å²) in [7, 11) is 0. The molecule has 0 spiro atoms. The smallest absolute Gasteiger partial charge is 0.127 e. The molecule has 0 aliphatic heterocycles. The number of hydrogen-bond acceptors (Lipinski definition) is 4. The van der Waals surface area contributed by atoms with Crippen LogP contribution in [0, 0.1) is 0 Å². The molecule has 4 nitrogen and oxygen atoms in total. The van der Waals surface area contributed by atoms with Crippen molar-refractivity contribution in [3.05, 3.63) is 54.6 Å². The summed E-state index contributed by atoms with van der Waals surface area (Å²) in [5.41, 5.74) is 5.06. The normalized spacial score (nSPS) is 13.6. The Morgan fingerprint density at radius 2 is 1.50 bits per heavy atom. The van der Waals surface area contributed by atoms with E-state index in [1.807, 2.05) is 54.6 Å². The van der Waals surface area contributed by atoms with Gasteiger partial charge in [-0.05, 0) is 43.3 Å². The monoisotopic (exact) mass is 273 g/mol. The Labute approximate surface area is 118 Å². The van der Waals surface area contributed by atoms with Gasteiger partial charge in [-0.25, -0.2) is 0 Å². The molecule has 1 atom stereocenters. The topological polar surface area (TPSA) is 64.7 Å². The highest BCUT2D eigenvalue weighted by Crippen LogP contribution is 2.23. The second-order valence-corrected chi connectivity index (χ2v) is 4.99. The molecule has 0 aliphatic carbocycles. The zero-order valence-electron chi connectivity index (χ0n) is 11.5. The maximum absolute atomic E-state index is 9.06. The molecule has 1 unspecified atom stereocenters. The minimum Gasteiger partial charge on any atom is -0.492 e. The molecule has 2 aromatic carbocycles. The van der Waals surface area contributed by atoms with E-state index in [0.29, 0.717) is 5.75 Å². The summed E-state index contributed by atoms with van der Waals surface area (Å²) in [6.45, 7) is 1.87. The van der Waals surface area contributed by atoms with E-state index in [1.54, 1.807) is 6.92 Å². The predicted octanol–water partition coefficient (Wildman–Crippen LogP) is 2.57. The van der Waals surface area contributed by atoms with Gasteiger partial charge in [-0.15, -0.1) is 0 Å². The van der Waals surface area contributed by atoms with E-state index >= 15 is 0 Å². The van der Waals surface area contributed by atoms with Crippen molar-refractivity contribution in [2.75, 3.05) is 13.2 Å². The van der Waals surface area contributed by atoms with Gasteiger partial charge in [-0.1, -0.05) is 18.2 Å². The van der Waals surface area contributed by atoms with Gasteiger partial charge in [0.1, 0.15) is 23.9 Å². The number of benzene rings is 2. The number of rotatable bonds is 6. The fourth-order valence-electron chi connectivity index (χ4n) is 1.52. The molecule has 3 N–H and O–H groups in total. The Morgan fingerprint density at radius 1 is 0.950 bits per heavy atom. The van der Waals surface area contributed by atoms with Gasteiger partial charge in [0.05, 0.1) is 12.1 Å². The number of nitrogens with two attached hydrogens (primary N) is 1. The SMILES string of the molecule is CC(N)(CO)COc1ccc(Oc2ccccc2)cc1.